The Balaban J connectivity index is 0.00000481. The third-order valence-electron chi connectivity index (χ3n) is 7.65. The largest absolute Gasteiger partial charge is 0.478 e. The number of carbonyl (C=O) groups is 3. The molecule has 4 saturated carbocycles. The molecule has 0 spiro atoms. The second kappa shape index (κ2) is 12.1. The number of amides is 3. The Kier molecular flexibility index (Phi) is 9.97. The lowest BCUT2D eigenvalue weighted by Crippen LogP contribution is -2.60. The summed E-state index contributed by atoms with van der Waals surface area (Å²) < 4.78 is 5.91. The standard InChI is InChI=1S/C27H43N5O4.CH4/c1-16(2)15-36-25(30-7-6-26(4,5)32-17(3)33)21(14-28)24(35)31-23-19-8-18-9-20(23)12-27(10-18,11-19)13-22(29)34;/h6-7,14,16,18-20,23,28,30H,8-13,15H2,1-5H3,(H2,29,34)(H,31,35)(H,32,33);1H4/b7-6+,25-21-,28-14?;. The summed E-state index contributed by atoms with van der Waals surface area (Å²) >= 11 is 0. The molecule has 4 aliphatic rings. The quantitative estimate of drug-likeness (QED) is 0.153. The maximum Gasteiger partial charge on any atom is 0.258 e. The zero-order valence-electron chi connectivity index (χ0n) is 22.3. The molecule has 0 radical (unpaired) electrons. The van der Waals surface area contributed by atoms with Gasteiger partial charge in [0.15, 0.2) is 0 Å². The van der Waals surface area contributed by atoms with Crippen LogP contribution in [0.2, 0.25) is 0 Å². The van der Waals surface area contributed by atoms with Crippen LogP contribution in [-0.4, -0.2) is 42.1 Å². The molecule has 0 aromatic heterocycles. The first-order valence-corrected chi connectivity index (χ1v) is 13.0. The Hall–Kier alpha value is -2.84. The summed E-state index contributed by atoms with van der Waals surface area (Å²) in [5.74, 6) is 0.936. The lowest BCUT2D eigenvalue weighted by Gasteiger charge is -2.60. The van der Waals surface area contributed by atoms with Crippen molar-refractivity contribution in [1.82, 2.24) is 16.0 Å². The van der Waals surface area contributed by atoms with Gasteiger partial charge in [-0.25, -0.2) is 0 Å². The minimum absolute atomic E-state index is 0. The first kappa shape index (κ1) is 30.4. The summed E-state index contributed by atoms with van der Waals surface area (Å²) in [6.45, 7) is 9.56. The Bertz CT molecular complexity index is 923. The van der Waals surface area contributed by atoms with E-state index in [1.807, 2.05) is 27.7 Å². The van der Waals surface area contributed by atoms with Gasteiger partial charge in [0.2, 0.25) is 17.7 Å². The number of hydrogen-bond acceptors (Lipinski definition) is 6. The molecule has 4 bridgehead atoms. The Morgan fingerprint density at radius 3 is 2.30 bits per heavy atom. The van der Waals surface area contributed by atoms with E-state index in [1.54, 1.807) is 12.3 Å². The molecule has 0 aromatic rings. The third kappa shape index (κ3) is 7.82. The molecule has 0 saturated heterocycles. The van der Waals surface area contributed by atoms with Gasteiger partial charge in [0, 0.05) is 31.8 Å². The topological polar surface area (TPSA) is 146 Å². The van der Waals surface area contributed by atoms with Gasteiger partial charge >= 0.3 is 0 Å². The van der Waals surface area contributed by atoms with E-state index >= 15 is 0 Å². The lowest BCUT2D eigenvalue weighted by molar-refractivity contribution is -0.133. The van der Waals surface area contributed by atoms with Crippen LogP contribution in [0.15, 0.2) is 23.7 Å². The van der Waals surface area contributed by atoms with E-state index in [4.69, 9.17) is 15.9 Å². The number of nitrogens with one attached hydrogen (secondary N) is 4. The average Bonchev–Trinajstić information content (AvgIpc) is 2.72. The van der Waals surface area contributed by atoms with Crippen LogP contribution >= 0.6 is 0 Å². The summed E-state index contributed by atoms with van der Waals surface area (Å²) in [5, 5.41) is 17.1. The fourth-order valence-electron chi connectivity index (χ4n) is 6.75. The smallest absolute Gasteiger partial charge is 0.258 e. The van der Waals surface area contributed by atoms with Gasteiger partial charge < -0.3 is 31.8 Å². The molecule has 0 heterocycles. The predicted octanol–water partition coefficient (Wildman–Crippen LogP) is 3.36. The summed E-state index contributed by atoms with van der Waals surface area (Å²) in [6.07, 6.45) is 9.84. The van der Waals surface area contributed by atoms with Crippen LogP contribution in [0.25, 0.3) is 0 Å². The lowest BCUT2D eigenvalue weighted by atomic mass is 9.47. The van der Waals surface area contributed by atoms with Gasteiger partial charge in [-0.3, -0.25) is 14.4 Å². The Labute approximate surface area is 221 Å². The van der Waals surface area contributed by atoms with E-state index in [-0.39, 0.29) is 54.0 Å². The van der Waals surface area contributed by atoms with Crippen molar-refractivity contribution in [3.8, 4) is 0 Å². The molecular weight excluding hydrogens is 470 g/mol. The number of hydrogen-bond donors (Lipinski definition) is 5. The minimum atomic E-state index is -0.601. The van der Waals surface area contributed by atoms with Crippen molar-refractivity contribution < 1.29 is 19.1 Å². The molecule has 3 amide bonds. The maximum atomic E-state index is 13.4. The van der Waals surface area contributed by atoms with E-state index in [1.165, 1.54) is 6.92 Å². The van der Waals surface area contributed by atoms with Crippen molar-refractivity contribution in [2.45, 2.75) is 92.2 Å². The molecule has 0 aromatic carbocycles. The first-order valence-electron chi connectivity index (χ1n) is 13.0. The summed E-state index contributed by atoms with van der Waals surface area (Å²) in [6, 6.07) is 0.0191. The van der Waals surface area contributed by atoms with Crippen LogP contribution in [0.4, 0.5) is 0 Å². The van der Waals surface area contributed by atoms with Gasteiger partial charge in [-0.05, 0) is 81.1 Å². The highest BCUT2D eigenvalue weighted by atomic mass is 16.5. The zero-order chi connectivity index (χ0) is 26.7. The molecule has 4 fully saturated rings. The number of ether oxygens (including phenoxy) is 1. The highest BCUT2D eigenvalue weighted by molar-refractivity contribution is 6.11. The van der Waals surface area contributed by atoms with E-state index in [0.29, 0.717) is 30.8 Å². The molecule has 6 N–H and O–H groups in total. The molecule has 2 unspecified atom stereocenters. The summed E-state index contributed by atoms with van der Waals surface area (Å²) in [7, 11) is 0. The molecule has 9 nitrogen and oxygen atoms in total. The van der Waals surface area contributed by atoms with Gasteiger partial charge in [-0.15, -0.1) is 0 Å². The van der Waals surface area contributed by atoms with Crippen LogP contribution in [0.5, 0.6) is 0 Å². The molecule has 9 heteroatoms. The van der Waals surface area contributed by atoms with Gasteiger partial charge in [0.25, 0.3) is 5.91 Å². The number of primary amides is 1. The zero-order valence-corrected chi connectivity index (χ0v) is 22.3. The fourth-order valence-corrected chi connectivity index (χ4v) is 6.75. The van der Waals surface area contributed by atoms with Crippen LogP contribution in [0.1, 0.15) is 80.6 Å². The van der Waals surface area contributed by atoms with E-state index in [9.17, 15) is 14.4 Å². The van der Waals surface area contributed by atoms with E-state index in [2.05, 4.69) is 16.0 Å². The Morgan fingerprint density at radius 2 is 1.78 bits per heavy atom. The van der Waals surface area contributed by atoms with Crippen molar-refractivity contribution in [3.63, 3.8) is 0 Å². The molecule has 37 heavy (non-hydrogen) atoms. The first-order chi connectivity index (χ1) is 16.8. The van der Waals surface area contributed by atoms with Crippen LogP contribution in [-0.2, 0) is 19.1 Å². The highest BCUT2D eigenvalue weighted by Gasteiger charge is 2.56. The third-order valence-corrected chi connectivity index (χ3v) is 7.65. The summed E-state index contributed by atoms with van der Waals surface area (Å²) in [4.78, 5) is 36.6. The maximum absolute atomic E-state index is 13.4. The van der Waals surface area contributed by atoms with Gasteiger partial charge in [0.05, 0.1) is 12.1 Å². The van der Waals surface area contributed by atoms with E-state index in [0.717, 1.165) is 38.3 Å². The Morgan fingerprint density at radius 1 is 1.16 bits per heavy atom. The fraction of sp³-hybridized carbons (Fsp3) is 0.714. The average molecular weight is 518 g/mol. The molecule has 0 aliphatic heterocycles. The van der Waals surface area contributed by atoms with Crippen molar-refractivity contribution in [1.29, 1.82) is 5.41 Å². The van der Waals surface area contributed by atoms with Crippen molar-refractivity contribution in [2.75, 3.05) is 6.61 Å². The highest BCUT2D eigenvalue weighted by Crippen LogP contribution is 2.61. The monoisotopic (exact) mass is 517 g/mol. The molecular formula is C28H47N5O4. The number of nitrogens with two attached hydrogens (primary N) is 1. The van der Waals surface area contributed by atoms with E-state index < -0.39 is 5.54 Å². The van der Waals surface area contributed by atoms with Gasteiger partial charge in [-0.1, -0.05) is 21.3 Å². The molecule has 2 atom stereocenters. The molecule has 4 rings (SSSR count). The van der Waals surface area contributed by atoms with Gasteiger partial charge in [-0.2, -0.15) is 0 Å². The molecule has 208 valence electrons. The minimum Gasteiger partial charge on any atom is -0.478 e. The van der Waals surface area contributed by atoms with Crippen LogP contribution in [0.3, 0.4) is 0 Å². The summed E-state index contributed by atoms with van der Waals surface area (Å²) in [5.41, 5.74) is 5.08. The normalized spacial score (nSPS) is 28.8. The number of carbonyl (C=O) groups excluding carboxylic acids is 3. The van der Waals surface area contributed by atoms with Crippen LogP contribution in [0, 0.1) is 34.5 Å². The van der Waals surface area contributed by atoms with Crippen molar-refractivity contribution in [3.05, 3.63) is 23.7 Å². The van der Waals surface area contributed by atoms with Crippen LogP contribution < -0.4 is 21.7 Å². The SMILES string of the molecule is C.CC(=O)NC(C)(C)/C=C/N/C(OCC(C)C)=C(\C=N)C(=O)NC1C2CC3CC1CC(CC(N)=O)(C3)C2. The molecule has 4 aliphatic carbocycles. The van der Waals surface area contributed by atoms with Crippen molar-refractivity contribution >= 4 is 23.9 Å². The second-order valence-corrected chi connectivity index (χ2v) is 12.1. The second-order valence-electron chi connectivity index (χ2n) is 12.1. The van der Waals surface area contributed by atoms with Gasteiger partial charge in [0.1, 0.15) is 5.57 Å². The van der Waals surface area contributed by atoms with Crippen molar-refractivity contribution in [2.24, 2.45) is 34.8 Å². The number of rotatable bonds is 12. The predicted molar refractivity (Wildman–Crippen MR) is 145 cm³/mol.